The van der Waals surface area contributed by atoms with Gasteiger partial charge in [-0.15, -0.1) is 5.10 Å². The molecule has 1 amide bonds. The molecule has 0 unspecified atom stereocenters. The number of nitrogens with zero attached hydrogens (tertiary/aromatic N) is 4. The quantitative estimate of drug-likeness (QED) is 0.642. The summed E-state index contributed by atoms with van der Waals surface area (Å²) in [6.45, 7) is 10.2. The van der Waals surface area contributed by atoms with Crippen molar-refractivity contribution in [2.24, 2.45) is 0 Å². The van der Waals surface area contributed by atoms with Crippen molar-refractivity contribution in [1.82, 2.24) is 25.5 Å². The Hall–Kier alpha value is -2.67. The number of aryl methyl sites for hydroxylation is 4. The van der Waals surface area contributed by atoms with E-state index in [1.165, 1.54) is 22.9 Å². The molecule has 0 radical (unpaired) electrons. The molecule has 146 valence electrons. The zero-order valence-corrected chi connectivity index (χ0v) is 17.7. The molecule has 1 heterocycles. The van der Waals surface area contributed by atoms with Gasteiger partial charge in [0.15, 0.2) is 0 Å². The van der Waals surface area contributed by atoms with Gasteiger partial charge in [-0.1, -0.05) is 36.0 Å². The summed E-state index contributed by atoms with van der Waals surface area (Å²) in [6, 6.07) is 12.4. The Labute approximate surface area is 169 Å². The predicted octanol–water partition coefficient (Wildman–Crippen LogP) is 3.87. The molecule has 1 atom stereocenters. The number of carbonyl (C=O) groups is 1. The molecule has 6 nitrogen and oxygen atoms in total. The topological polar surface area (TPSA) is 72.7 Å². The van der Waals surface area contributed by atoms with Crippen LogP contribution in [0.5, 0.6) is 0 Å². The Balaban J connectivity index is 1.64. The van der Waals surface area contributed by atoms with Crippen LogP contribution in [-0.4, -0.2) is 31.9 Å². The number of hydrogen-bond acceptors (Lipinski definition) is 5. The van der Waals surface area contributed by atoms with E-state index in [-0.39, 0.29) is 17.7 Å². The summed E-state index contributed by atoms with van der Waals surface area (Å²) in [5.41, 5.74) is 6.75. The Morgan fingerprint density at radius 3 is 2.46 bits per heavy atom. The molecule has 3 rings (SSSR count). The number of thioether (sulfide) groups is 1. The monoisotopic (exact) mass is 395 g/mol. The third-order valence-corrected chi connectivity index (χ3v) is 5.55. The van der Waals surface area contributed by atoms with Crippen molar-refractivity contribution in [2.75, 3.05) is 5.75 Å². The van der Waals surface area contributed by atoms with Gasteiger partial charge in [-0.25, -0.2) is 0 Å². The first-order valence-electron chi connectivity index (χ1n) is 9.20. The number of tetrazole rings is 1. The van der Waals surface area contributed by atoms with Crippen molar-refractivity contribution in [1.29, 1.82) is 0 Å². The lowest BCUT2D eigenvalue weighted by Crippen LogP contribution is -2.28. The first kappa shape index (κ1) is 20.1. The van der Waals surface area contributed by atoms with Crippen LogP contribution in [0.4, 0.5) is 0 Å². The first-order chi connectivity index (χ1) is 13.3. The number of aromatic nitrogens is 4. The maximum atomic E-state index is 12.4. The molecule has 0 aliphatic heterocycles. The lowest BCUT2D eigenvalue weighted by atomic mass is 10.0. The maximum absolute atomic E-state index is 12.4. The van der Waals surface area contributed by atoms with Crippen molar-refractivity contribution in [3.63, 3.8) is 0 Å². The number of carbonyl (C=O) groups excluding carboxylic acids is 1. The Morgan fingerprint density at radius 1 is 1.07 bits per heavy atom. The first-order valence-corrected chi connectivity index (χ1v) is 10.2. The van der Waals surface area contributed by atoms with Crippen molar-refractivity contribution in [3.05, 3.63) is 64.2 Å². The molecule has 0 fully saturated rings. The van der Waals surface area contributed by atoms with Gasteiger partial charge >= 0.3 is 0 Å². The van der Waals surface area contributed by atoms with Crippen LogP contribution in [0.25, 0.3) is 5.69 Å². The van der Waals surface area contributed by atoms with E-state index in [1.807, 2.05) is 32.9 Å². The van der Waals surface area contributed by atoms with Crippen LogP contribution in [0.2, 0.25) is 0 Å². The number of benzene rings is 2. The molecule has 1 aromatic heterocycles. The van der Waals surface area contributed by atoms with Crippen LogP contribution in [0.3, 0.4) is 0 Å². The van der Waals surface area contributed by atoms with Gasteiger partial charge in [0.25, 0.3) is 0 Å². The van der Waals surface area contributed by atoms with E-state index < -0.39 is 0 Å². The smallest absolute Gasteiger partial charge is 0.230 e. The van der Waals surface area contributed by atoms with Gasteiger partial charge < -0.3 is 5.32 Å². The second-order valence-corrected chi connectivity index (χ2v) is 8.08. The molecular weight excluding hydrogens is 370 g/mol. The lowest BCUT2D eigenvalue weighted by Gasteiger charge is -2.15. The van der Waals surface area contributed by atoms with Gasteiger partial charge in [0.05, 0.1) is 17.5 Å². The van der Waals surface area contributed by atoms with E-state index in [0.717, 1.165) is 22.4 Å². The number of hydrogen-bond donors (Lipinski definition) is 1. The zero-order chi connectivity index (χ0) is 20.3. The summed E-state index contributed by atoms with van der Waals surface area (Å²) in [6.07, 6.45) is 0. The van der Waals surface area contributed by atoms with Gasteiger partial charge in [0, 0.05) is 0 Å². The van der Waals surface area contributed by atoms with Crippen molar-refractivity contribution in [2.45, 2.75) is 45.8 Å². The minimum Gasteiger partial charge on any atom is -0.349 e. The SMILES string of the molecule is Cc1cc(C)cc(-n2nnnc2SCC(=O)N[C@@H](C)c2ccc(C)c(C)c2)c1. The molecule has 1 N–H and O–H groups in total. The molecule has 0 bridgehead atoms. The Kier molecular flexibility index (Phi) is 6.14. The fourth-order valence-corrected chi connectivity index (χ4v) is 3.74. The van der Waals surface area contributed by atoms with E-state index in [9.17, 15) is 4.79 Å². The summed E-state index contributed by atoms with van der Waals surface area (Å²) in [7, 11) is 0. The summed E-state index contributed by atoms with van der Waals surface area (Å²) in [4.78, 5) is 12.4. The van der Waals surface area contributed by atoms with Crippen LogP contribution >= 0.6 is 11.8 Å². The fourth-order valence-electron chi connectivity index (χ4n) is 3.03. The average molecular weight is 396 g/mol. The Morgan fingerprint density at radius 2 is 1.79 bits per heavy atom. The highest BCUT2D eigenvalue weighted by molar-refractivity contribution is 7.99. The summed E-state index contributed by atoms with van der Waals surface area (Å²) in [5, 5.41) is 15.6. The van der Waals surface area contributed by atoms with Gasteiger partial charge in [-0.3, -0.25) is 4.79 Å². The summed E-state index contributed by atoms with van der Waals surface area (Å²) in [5.74, 6) is 0.200. The minimum absolute atomic E-state index is 0.0503. The van der Waals surface area contributed by atoms with E-state index in [2.05, 4.69) is 59.0 Å². The fraction of sp³-hybridized carbons (Fsp3) is 0.333. The minimum atomic E-state index is -0.0529. The third-order valence-electron chi connectivity index (χ3n) is 4.63. The predicted molar refractivity (Wildman–Crippen MR) is 112 cm³/mol. The molecule has 7 heteroatoms. The highest BCUT2D eigenvalue weighted by atomic mass is 32.2. The van der Waals surface area contributed by atoms with Crippen LogP contribution in [0.1, 0.15) is 40.8 Å². The zero-order valence-electron chi connectivity index (χ0n) is 16.9. The normalized spacial score (nSPS) is 12.0. The maximum Gasteiger partial charge on any atom is 0.230 e. The second-order valence-electron chi connectivity index (χ2n) is 7.14. The lowest BCUT2D eigenvalue weighted by molar-refractivity contribution is -0.119. The largest absolute Gasteiger partial charge is 0.349 e. The Bertz CT molecular complexity index is 978. The highest BCUT2D eigenvalue weighted by Gasteiger charge is 2.14. The van der Waals surface area contributed by atoms with Gasteiger partial charge in [0.2, 0.25) is 11.1 Å². The van der Waals surface area contributed by atoms with Crippen molar-refractivity contribution < 1.29 is 4.79 Å². The van der Waals surface area contributed by atoms with Crippen LogP contribution in [0, 0.1) is 27.7 Å². The van der Waals surface area contributed by atoms with E-state index >= 15 is 0 Å². The average Bonchev–Trinajstić information content (AvgIpc) is 3.10. The standard InChI is InChI=1S/C21H25N5OS/c1-13-8-14(2)10-19(9-13)26-21(23-24-25-26)28-12-20(27)22-17(5)18-7-6-15(3)16(4)11-18/h6-11,17H,12H2,1-5H3,(H,22,27)/t17-/m0/s1. The van der Waals surface area contributed by atoms with Crippen LogP contribution in [0.15, 0.2) is 41.6 Å². The second kappa shape index (κ2) is 8.56. The van der Waals surface area contributed by atoms with Gasteiger partial charge in [-0.05, 0) is 85.0 Å². The highest BCUT2D eigenvalue weighted by Crippen LogP contribution is 2.21. The number of amides is 1. The molecular formula is C21H25N5OS. The van der Waals surface area contributed by atoms with Crippen LogP contribution in [-0.2, 0) is 4.79 Å². The van der Waals surface area contributed by atoms with E-state index in [1.54, 1.807) is 4.68 Å². The van der Waals surface area contributed by atoms with E-state index in [0.29, 0.717) is 5.16 Å². The summed E-state index contributed by atoms with van der Waals surface area (Å²) >= 11 is 1.33. The molecule has 28 heavy (non-hydrogen) atoms. The van der Waals surface area contributed by atoms with Crippen molar-refractivity contribution >= 4 is 17.7 Å². The summed E-state index contributed by atoms with van der Waals surface area (Å²) < 4.78 is 1.67. The molecule has 0 saturated carbocycles. The molecule has 0 aliphatic carbocycles. The van der Waals surface area contributed by atoms with Gasteiger partial charge in [0.1, 0.15) is 0 Å². The van der Waals surface area contributed by atoms with Gasteiger partial charge in [-0.2, -0.15) is 4.68 Å². The molecule has 0 aliphatic rings. The number of nitrogens with one attached hydrogen (secondary N) is 1. The molecule has 2 aromatic carbocycles. The molecule has 3 aromatic rings. The number of rotatable bonds is 6. The van der Waals surface area contributed by atoms with Crippen LogP contribution < -0.4 is 5.32 Å². The molecule has 0 saturated heterocycles. The van der Waals surface area contributed by atoms with E-state index in [4.69, 9.17) is 0 Å². The molecule has 0 spiro atoms. The third kappa shape index (κ3) is 4.78. The van der Waals surface area contributed by atoms with Crippen molar-refractivity contribution in [3.8, 4) is 5.69 Å².